The molecule has 0 saturated carbocycles. The SMILES string of the molecule is C=CCOc1ccccc1CNCc1ccccc1. The fourth-order valence-corrected chi connectivity index (χ4v) is 1.88. The van der Waals surface area contributed by atoms with Crippen LogP contribution in [0.1, 0.15) is 11.1 Å². The van der Waals surface area contributed by atoms with Gasteiger partial charge < -0.3 is 10.1 Å². The van der Waals surface area contributed by atoms with Crippen LogP contribution in [0.3, 0.4) is 0 Å². The second kappa shape index (κ2) is 7.39. The summed E-state index contributed by atoms with van der Waals surface area (Å²) in [5, 5.41) is 3.43. The number of nitrogens with one attached hydrogen (secondary N) is 1. The van der Waals surface area contributed by atoms with Crippen LogP contribution >= 0.6 is 0 Å². The Labute approximate surface area is 114 Å². The van der Waals surface area contributed by atoms with Crippen molar-refractivity contribution < 1.29 is 4.74 Å². The van der Waals surface area contributed by atoms with Gasteiger partial charge in [0.05, 0.1) is 0 Å². The number of para-hydroxylation sites is 1. The van der Waals surface area contributed by atoms with Crippen molar-refractivity contribution in [3.63, 3.8) is 0 Å². The maximum absolute atomic E-state index is 5.63. The summed E-state index contributed by atoms with van der Waals surface area (Å²) < 4.78 is 5.63. The fraction of sp³-hybridized carbons (Fsp3) is 0.176. The van der Waals surface area contributed by atoms with Gasteiger partial charge in [-0.1, -0.05) is 61.2 Å². The summed E-state index contributed by atoms with van der Waals surface area (Å²) in [5.41, 5.74) is 2.45. The van der Waals surface area contributed by atoms with Crippen LogP contribution in [0.25, 0.3) is 0 Å². The topological polar surface area (TPSA) is 21.3 Å². The largest absolute Gasteiger partial charge is 0.489 e. The zero-order valence-corrected chi connectivity index (χ0v) is 11.0. The fourth-order valence-electron chi connectivity index (χ4n) is 1.88. The van der Waals surface area contributed by atoms with Gasteiger partial charge in [-0.3, -0.25) is 0 Å². The molecule has 2 heteroatoms. The van der Waals surface area contributed by atoms with E-state index in [2.05, 4.69) is 42.2 Å². The molecule has 2 aromatic rings. The van der Waals surface area contributed by atoms with E-state index in [0.717, 1.165) is 18.8 Å². The maximum Gasteiger partial charge on any atom is 0.124 e. The number of benzene rings is 2. The third kappa shape index (κ3) is 4.27. The molecule has 2 rings (SSSR count). The van der Waals surface area contributed by atoms with E-state index in [9.17, 15) is 0 Å². The smallest absolute Gasteiger partial charge is 0.124 e. The van der Waals surface area contributed by atoms with E-state index in [-0.39, 0.29) is 0 Å². The molecule has 0 fully saturated rings. The molecule has 0 aromatic heterocycles. The molecule has 0 bridgehead atoms. The van der Waals surface area contributed by atoms with Gasteiger partial charge in [0, 0.05) is 18.7 Å². The van der Waals surface area contributed by atoms with Gasteiger partial charge in [-0.05, 0) is 11.6 Å². The van der Waals surface area contributed by atoms with E-state index in [1.165, 1.54) is 11.1 Å². The Morgan fingerprint density at radius 2 is 1.68 bits per heavy atom. The van der Waals surface area contributed by atoms with E-state index in [4.69, 9.17) is 4.74 Å². The second-order valence-corrected chi connectivity index (χ2v) is 4.30. The molecule has 0 atom stereocenters. The lowest BCUT2D eigenvalue weighted by molar-refractivity contribution is 0.358. The van der Waals surface area contributed by atoms with Crippen LogP contribution in [-0.4, -0.2) is 6.61 Å². The normalized spacial score (nSPS) is 10.1. The van der Waals surface area contributed by atoms with E-state index in [1.807, 2.05) is 24.3 Å². The zero-order valence-electron chi connectivity index (χ0n) is 11.0. The minimum absolute atomic E-state index is 0.537. The van der Waals surface area contributed by atoms with E-state index < -0.39 is 0 Å². The van der Waals surface area contributed by atoms with Crippen LogP contribution in [0.2, 0.25) is 0 Å². The van der Waals surface area contributed by atoms with Crippen molar-refractivity contribution >= 4 is 0 Å². The van der Waals surface area contributed by atoms with Gasteiger partial charge in [-0.2, -0.15) is 0 Å². The van der Waals surface area contributed by atoms with Crippen molar-refractivity contribution in [2.45, 2.75) is 13.1 Å². The summed E-state index contributed by atoms with van der Waals surface area (Å²) in [7, 11) is 0. The number of rotatable bonds is 7. The lowest BCUT2D eigenvalue weighted by atomic mass is 10.2. The van der Waals surface area contributed by atoms with Gasteiger partial charge in [0.2, 0.25) is 0 Å². The van der Waals surface area contributed by atoms with Gasteiger partial charge in [-0.25, -0.2) is 0 Å². The van der Waals surface area contributed by atoms with E-state index in [1.54, 1.807) is 6.08 Å². The molecule has 0 saturated heterocycles. The highest BCUT2D eigenvalue weighted by atomic mass is 16.5. The molecular formula is C17H19NO. The van der Waals surface area contributed by atoms with Crippen LogP contribution in [0.5, 0.6) is 5.75 Å². The first-order valence-electron chi connectivity index (χ1n) is 6.46. The molecule has 2 aromatic carbocycles. The molecule has 19 heavy (non-hydrogen) atoms. The first kappa shape index (κ1) is 13.4. The Morgan fingerprint density at radius 3 is 2.47 bits per heavy atom. The Bertz CT molecular complexity index is 508. The Kier molecular flexibility index (Phi) is 5.20. The highest BCUT2D eigenvalue weighted by Gasteiger charge is 2.01. The predicted molar refractivity (Wildman–Crippen MR) is 79.1 cm³/mol. The van der Waals surface area contributed by atoms with E-state index in [0.29, 0.717) is 6.61 Å². The van der Waals surface area contributed by atoms with Crippen molar-refractivity contribution in [2.24, 2.45) is 0 Å². The second-order valence-electron chi connectivity index (χ2n) is 4.30. The third-order valence-corrected chi connectivity index (χ3v) is 2.82. The molecule has 2 nitrogen and oxygen atoms in total. The maximum atomic E-state index is 5.63. The average molecular weight is 253 g/mol. The van der Waals surface area contributed by atoms with Gasteiger partial charge in [0.15, 0.2) is 0 Å². The zero-order chi connectivity index (χ0) is 13.3. The highest BCUT2D eigenvalue weighted by Crippen LogP contribution is 2.17. The van der Waals surface area contributed by atoms with Gasteiger partial charge >= 0.3 is 0 Å². The monoisotopic (exact) mass is 253 g/mol. The van der Waals surface area contributed by atoms with Crippen LogP contribution in [-0.2, 0) is 13.1 Å². The van der Waals surface area contributed by atoms with Crippen LogP contribution in [0, 0.1) is 0 Å². The quantitative estimate of drug-likeness (QED) is 0.762. The predicted octanol–water partition coefficient (Wildman–Crippen LogP) is 3.54. The molecular weight excluding hydrogens is 234 g/mol. The average Bonchev–Trinajstić information content (AvgIpc) is 2.47. The number of hydrogen-bond acceptors (Lipinski definition) is 2. The third-order valence-electron chi connectivity index (χ3n) is 2.82. The summed E-state index contributed by atoms with van der Waals surface area (Å²) in [6, 6.07) is 18.5. The van der Waals surface area contributed by atoms with Gasteiger partial charge in [-0.15, -0.1) is 0 Å². The lowest BCUT2D eigenvalue weighted by Crippen LogP contribution is -2.13. The molecule has 0 heterocycles. The lowest BCUT2D eigenvalue weighted by Gasteiger charge is -2.11. The summed E-state index contributed by atoms with van der Waals surface area (Å²) in [5.74, 6) is 0.919. The summed E-state index contributed by atoms with van der Waals surface area (Å²) in [6.07, 6.45) is 1.76. The van der Waals surface area contributed by atoms with Crippen molar-refractivity contribution in [1.29, 1.82) is 0 Å². The molecule has 0 radical (unpaired) electrons. The first-order chi connectivity index (χ1) is 9.40. The summed E-state index contributed by atoms with van der Waals surface area (Å²) >= 11 is 0. The highest BCUT2D eigenvalue weighted by molar-refractivity contribution is 5.33. The minimum atomic E-state index is 0.537. The molecule has 0 spiro atoms. The Hall–Kier alpha value is -2.06. The molecule has 0 aliphatic carbocycles. The van der Waals surface area contributed by atoms with Crippen LogP contribution < -0.4 is 10.1 Å². The first-order valence-corrected chi connectivity index (χ1v) is 6.46. The van der Waals surface area contributed by atoms with Crippen molar-refractivity contribution in [3.8, 4) is 5.75 Å². The molecule has 0 unspecified atom stereocenters. The summed E-state index contributed by atoms with van der Waals surface area (Å²) in [4.78, 5) is 0. The molecule has 98 valence electrons. The van der Waals surface area contributed by atoms with Crippen molar-refractivity contribution in [2.75, 3.05) is 6.61 Å². The van der Waals surface area contributed by atoms with Crippen molar-refractivity contribution in [3.05, 3.63) is 78.4 Å². The number of hydrogen-bond donors (Lipinski definition) is 1. The molecule has 1 N–H and O–H groups in total. The molecule has 0 amide bonds. The number of ether oxygens (including phenoxy) is 1. The van der Waals surface area contributed by atoms with Crippen molar-refractivity contribution in [1.82, 2.24) is 5.32 Å². The molecule has 0 aliphatic rings. The standard InChI is InChI=1S/C17H19NO/c1-2-12-19-17-11-7-6-10-16(17)14-18-13-15-8-4-3-5-9-15/h2-11,18H,1,12-14H2. The summed E-state index contributed by atoms with van der Waals surface area (Å²) in [6.45, 7) is 5.86. The Balaban J connectivity index is 1.90. The molecule has 0 aliphatic heterocycles. The minimum Gasteiger partial charge on any atom is -0.489 e. The van der Waals surface area contributed by atoms with Gasteiger partial charge in [0.25, 0.3) is 0 Å². The van der Waals surface area contributed by atoms with Crippen LogP contribution in [0.15, 0.2) is 67.3 Å². The van der Waals surface area contributed by atoms with Crippen LogP contribution in [0.4, 0.5) is 0 Å². The Morgan fingerprint density at radius 1 is 0.947 bits per heavy atom. The van der Waals surface area contributed by atoms with Gasteiger partial charge in [0.1, 0.15) is 12.4 Å². The van der Waals surface area contributed by atoms with E-state index >= 15 is 0 Å².